The zero-order valence-corrected chi connectivity index (χ0v) is 13.3. The molecule has 0 amide bonds. The van der Waals surface area contributed by atoms with Crippen LogP contribution < -0.4 is 0 Å². The maximum Gasteiger partial charge on any atom is 0.136 e. The van der Waals surface area contributed by atoms with Crippen LogP contribution in [0.1, 0.15) is 35.9 Å². The Bertz CT molecular complexity index is 655. The summed E-state index contributed by atoms with van der Waals surface area (Å²) in [5.41, 5.74) is 3.96. The number of aryl methyl sites for hydroxylation is 3. The van der Waals surface area contributed by atoms with Crippen molar-refractivity contribution in [3.05, 3.63) is 45.9 Å². The van der Waals surface area contributed by atoms with Gasteiger partial charge in [-0.15, -0.1) is 0 Å². The van der Waals surface area contributed by atoms with Crippen LogP contribution in [0.25, 0.3) is 0 Å². The molecular weight excluding hydrogens is 288 g/mol. The highest BCUT2D eigenvalue weighted by Crippen LogP contribution is 2.34. The molecule has 0 atom stereocenters. The van der Waals surface area contributed by atoms with Gasteiger partial charge >= 0.3 is 0 Å². The molecule has 1 aromatic carbocycles. The van der Waals surface area contributed by atoms with Crippen molar-refractivity contribution in [2.75, 3.05) is 0 Å². The van der Waals surface area contributed by atoms with E-state index in [4.69, 9.17) is 11.6 Å². The summed E-state index contributed by atoms with van der Waals surface area (Å²) in [6.45, 7) is 4.03. The predicted molar refractivity (Wildman–Crippen MR) is 83.7 cm³/mol. The summed E-state index contributed by atoms with van der Waals surface area (Å²) in [6, 6.07) is 6.74. The third kappa shape index (κ3) is 2.70. The minimum atomic E-state index is 0.570. The van der Waals surface area contributed by atoms with Crippen LogP contribution in [0.3, 0.4) is 0 Å². The highest BCUT2D eigenvalue weighted by atomic mass is 35.5. The molecule has 2 aromatic rings. The number of nitrogens with zero attached hydrogens (tertiary/aromatic N) is 2. The zero-order chi connectivity index (χ0) is 14.1. The van der Waals surface area contributed by atoms with Crippen molar-refractivity contribution < 1.29 is 0 Å². The number of hydrogen-bond donors (Lipinski definition) is 0. The average Bonchev–Trinajstić information content (AvgIpc) is 2.91. The van der Waals surface area contributed by atoms with Crippen LogP contribution in [0.5, 0.6) is 0 Å². The fraction of sp³-hybridized carbons (Fsp3) is 0.375. The second-order valence-electron chi connectivity index (χ2n) is 5.10. The third-order valence-electron chi connectivity index (χ3n) is 3.69. The van der Waals surface area contributed by atoms with Crippen LogP contribution in [-0.4, -0.2) is 9.97 Å². The lowest BCUT2D eigenvalue weighted by atomic mass is 10.1. The summed E-state index contributed by atoms with van der Waals surface area (Å²) in [7, 11) is 0. The van der Waals surface area contributed by atoms with E-state index in [1.54, 1.807) is 11.8 Å². The smallest absolute Gasteiger partial charge is 0.136 e. The first-order valence-corrected chi connectivity index (χ1v) is 8.19. The molecule has 0 aliphatic heterocycles. The minimum Gasteiger partial charge on any atom is -0.226 e. The van der Waals surface area contributed by atoms with Gasteiger partial charge in [-0.3, -0.25) is 0 Å². The fourth-order valence-corrected chi connectivity index (χ4v) is 3.70. The zero-order valence-electron chi connectivity index (χ0n) is 11.7. The molecule has 1 aliphatic carbocycles. The highest BCUT2D eigenvalue weighted by Gasteiger charge is 2.14. The normalized spacial score (nSPS) is 13.6. The van der Waals surface area contributed by atoms with Gasteiger partial charge in [0, 0.05) is 16.9 Å². The van der Waals surface area contributed by atoms with E-state index in [1.807, 2.05) is 13.8 Å². The van der Waals surface area contributed by atoms with Crippen LogP contribution in [-0.2, 0) is 19.3 Å². The van der Waals surface area contributed by atoms with Gasteiger partial charge in [-0.1, -0.05) is 36.4 Å². The molecule has 1 heterocycles. The molecule has 20 heavy (non-hydrogen) atoms. The maximum atomic E-state index is 6.19. The van der Waals surface area contributed by atoms with Crippen LogP contribution in [0.4, 0.5) is 0 Å². The Morgan fingerprint density at radius 1 is 1.20 bits per heavy atom. The van der Waals surface area contributed by atoms with E-state index in [0.717, 1.165) is 22.8 Å². The van der Waals surface area contributed by atoms with Gasteiger partial charge in [0.2, 0.25) is 0 Å². The Labute approximate surface area is 129 Å². The number of aromatic nitrogens is 2. The van der Waals surface area contributed by atoms with Crippen LogP contribution in [0.15, 0.2) is 28.1 Å². The molecule has 2 nitrogen and oxygen atoms in total. The summed E-state index contributed by atoms with van der Waals surface area (Å²) >= 11 is 7.88. The summed E-state index contributed by atoms with van der Waals surface area (Å²) in [5, 5.41) is 1.54. The van der Waals surface area contributed by atoms with E-state index < -0.39 is 0 Å². The van der Waals surface area contributed by atoms with Crippen LogP contribution in [0.2, 0.25) is 5.15 Å². The number of halogens is 1. The summed E-state index contributed by atoms with van der Waals surface area (Å²) in [4.78, 5) is 10.1. The molecule has 0 radical (unpaired) electrons. The quantitative estimate of drug-likeness (QED) is 0.773. The average molecular weight is 305 g/mol. The largest absolute Gasteiger partial charge is 0.226 e. The first kappa shape index (κ1) is 13.9. The number of hydrogen-bond acceptors (Lipinski definition) is 3. The number of fused-ring (bicyclic) bond motifs is 1. The SMILES string of the molecule is CCc1nc(Cl)c(C)c(Sc2ccc3c(c2)CCC3)n1. The van der Waals surface area contributed by atoms with Gasteiger partial charge in [-0.25, -0.2) is 9.97 Å². The van der Waals surface area contributed by atoms with Gasteiger partial charge < -0.3 is 0 Å². The fourth-order valence-electron chi connectivity index (χ4n) is 2.49. The van der Waals surface area contributed by atoms with Crippen molar-refractivity contribution in [1.29, 1.82) is 0 Å². The summed E-state index contributed by atoms with van der Waals surface area (Å²) in [5.74, 6) is 0.810. The standard InChI is InChI=1S/C16H17ClN2S/c1-3-14-18-15(17)10(2)16(19-14)20-13-8-7-11-5-4-6-12(11)9-13/h7-9H,3-6H2,1-2H3. The van der Waals surface area contributed by atoms with E-state index in [-0.39, 0.29) is 0 Å². The second kappa shape index (κ2) is 5.74. The Balaban J connectivity index is 1.93. The Hall–Kier alpha value is -1.06. The Kier molecular flexibility index (Phi) is 3.99. The highest BCUT2D eigenvalue weighted by molar-refractivity contribution is 7.99. The van der Waals surface area contributed by atoms with E-state index in [2.05, 4.69) is 28.2 Å². The molecule has 0 spiro atoms. The van der Waals surface area contributed by atoms with Crippen molar-refractivity contribution in [1.82, 2.24) is 9.97 Å². The lowest BCUT2D eigenvalue weighted by Crippen LogP contribution is -1.98. The third-order valence-corrected chi connectivity index (χ3v) is 5.14. The van der Waals surface area contributed by atoms with E-state index in [1.165, 1.54) is 35.3 Å². The van der Waals surface area contributed by atoms with Crippen molar-refractivity contribution in [2.45, 2.75) is 49.5 Å². The van der Waals surface area contributed by atoms with Crippen molar-refractivity contribution in [3.63, 3.8) is 0 Å². The molecule has 0 saturated carbocycles. The molecule has 1 aliphatic rings. The van der Waals surface area contributed by atoms with Gasteiger partial charge in [0.15, 0.2) is 0 Å². The minimum absolute atomic E-state index is 0.570. The Morgan fingerprint density at radius 2 is 2.00 bits per heavy atom. The molecule has 0 fully saturated rings. The monoisotopic (exact) mass is 304 g/mol. The summed E-state index contributed by atoms with van der Waals surface area (Å²) < 4.78 is 0. The Morgan fingerprint density at radius 3 is 2.80 bits per heavy atom. The molecule has 0 bridgehead atoms. The first-order valence-electron chi connectivity index (χ1n) is 7.00. The molecule has 1 aromatic heterocycles. The molecule has 104 valence electrons. The second-order valence-corrected chi connectivity index (χ2v) is 6.52. The van der Waals surface area contributed by atoms with Gasteiger partial charge in [0.05, 0.1) is 0 Å². The number of rotatable bonds is 3. The van der Waals surface area contributed by atoms with Crippen LogP contribution >= 0.6 is 23.4 Å². The van der Waals surface area contributed by atoms with Crippen molar-refractivity contribution in [2.24, 2.45) is 0 Å². The predicted octanol–water partition coefficient (Wildman–Crippen LogP) is 4.64. The topological polar surface area (TPSA) is 25.8 Å². The van der Waals surface area contributed by atoms with Crippen molar-refractivity contribution >= 4 is 23.4 Å². The van der Waals surface area contributed by atoms with Gasteiger partial charge in [0.25, 0.3) is 0 Å². The number of benzene rings is 1. The van der Waals surface area contributed by atoms with Crippen molar-refractivity contribution in [3.8, 4) is 0 Å². The van der Waals surface area contributed by atoms with Crippen LogP contribution in [0, 0.1) is 6.92 Å². The van der Waals surface area contributed by atoms with E-state index >= 15 is 0 Å². The van der Waals surface area contributed by atoms with Gasteiger partial charge in [-0.2, -0.15) is 0 Å². The molecule has 0 unspecified atom stereocenters. The molecule has 0 N–H and O–H groups in total. The maximum absolute atomic E-state index is 6.19. The van der Waals surface area contributed by atoms with Gasteiger partial charge in [-0.05, 0) is 49.4 Å². The summed E-state index contributed by atoms with van der Waals surface area (Å²) in [6.07, 6.45) is 4.51. The molecule has 3 rings (SSSR count). The lowest BCUT2D eigenvalue weighted by molar-refractivity contribution is 0.871. The van der Waals surface area contributed by atoms with E-state index in [9.17, 15) is 0 Å². The van der Waals surface area contributed by atoms with Gasteiger partial charge in [0.1, 0.15) is 16.0 Å². The lowest BCUT2D eigenvalue weighted by Gasteiger charge is -2.09. The molecular formula is C16H17ClN2S. The first-order chi connectivity index (χ1) is 9.67. The molecule has 4 heteroatoms. The van der Waals surface area contributed by atoms with E-state index in [0.29, 0.717) is 5.15 Å². The molecule has 0 saturated heterocycles.